The van der Waals surface area contributed by atoms with Gasteiger partial charge in [-0.05, 0) is 46.4 Å². The lowest BCUT2D eigenvalue weighted by Crippen LogP contribution is -2.02. The van der Waals surface area contributed by atoms with E-state index in [0.717, 1.165) is 6.07 Å². The minimum Gasteiger partial charge on any atom is -0.386 e. The van der Waals surface area contributed by atoms with Gasteiger partial charge in [0.2, 0.25) is 0 Å². The highest BCUT2D eigenvalue weighted by molar-refractivity contribution is 14.1. The summed E-state index contributed by atoms with van der Waals surface area (Å²) in [5.41, 5.74) is 0.304. The molecule has 1 nitrogen and oxygen atoms in total. The van der Waals surface area contributed by atoms with Crippen molar-refractivity contribution in [2.75, 3.05) is 6.67 Å². The van der Waals surface area contributed by atoms with Crippen LogP contribution in [0.4, 0.5) is 8.78 Å². The van der Waals surface area contributed by atoms with Crippen molar-refractivity contribution in [3.8, 4) is 0 Å². The second-order valence-corrected chi connectivity index (χ2v) is 3.50. The van der Waals surface area contributed by atoms with Gasteiger partial charge in [-0.15, -0.1) is 0 Å². The topological polar surface area (TPSA) is 20.2 Å². The maximum absolute atomic E-state index is 12.6. The molecule has 0 fully saturated rings. The van der Waals surface area contributed by atoms with Gasteiger partial charge in [-0.25, -0.2) is 8.78 Å². The Balaban J connectivity index is 3.04. The number of hydrogen-bond acceptors (Lipinski definition) is 1. The molecule has 0 aliphatic rings. The van der Waals surface area contributed by atoms with E-state index in [4.69, 9.17) is 5.11 Å². The van der Waals surface area contributed by atoms with Crippen molar-refractivity contribution in [2.24, 2.45) is 0 Å². The van der Waals surface area contributed by atoms with Crippen LogP contribution in [0.2, 0.25) is 0 Å². The highest BCUT2D eigenvalue weighted by atomic mass is 127. The van der Waals surface area contributed by atoms with Crippen molar-refractivity contribution in [1.29, 1.82) is 0 Å². The van der Waals surface area contributed by atoms with Crippen molar-refractivity contribution in [3.63, 3.8) is 0 Å². The summed E-state index contributed by atoms with van der Waals surface area (Å²) >= 11 is 1.92. The molecule has 0 radical (unpaired) electrons. The predicted molar refractivity (Wildman–Crippen MR) is 50.1 cm³/mol. The molecule has 4 heteroatoms. The summed E-state index contributed by atoms with van der Waals surface area (Å²) in [6.07, 6.45) is -1.22. The summed E-state index contributed by atoms with van der Waals surface area (Å²) in [4.78, 5) is 0. The van der Waals surface area contributed by atoms with E-state index in [1.807, 2.05) is 22.6 Å². The molecule has 1 aromatic rings. The maximum Gasteiger partial charge on any atom is 0.123 e. The summed E-state index contributed by atoms with van der Waals surface area (Å²) in [6, 6.07) is 3.92. The quantitative estimate of drug-likeness (QED) is 0.827. The molecule has 0 bridgehead atoms. The zero-order valence-electron chi connectivity index (χ0n) is 6.10. The Kier molecular flexibility index (Phi) is 3.39. The molecule has 12 heavy (non-hydrogen) atoms. The predicted octanol–water partition coefficient (Wildman–Crippen LogP) is 2.43. The SMILES string of the molecule is OC(CF)c1cc(F)ccc1I. The molecule has 0 aromatic heterocycles. The normalized spacial score (nSPS) is 13.0. The van der Waals surface area contributed by atoms with E-state index in [-0.39, 0.29) is 0 Å². The molecule has 1 atom stereocenters. The molecule has 1 unspecified atom stereocenters. The Bertz CT molecular complexity index is 278. The third kappa shape index (κ3) is 2.13. The molecule has 66 valence electrons. The number of aliphatic hydroxyl groups excluding tert-OH is 1. The lowest BCUT2D eigenvalue weighted by Gasteiger charge is -2.08. The fourth-order valence-corrected chi connectivity index (χ4v) is 1.55. The van der Waals surface area contributed by atoms with Crippen LogP contribution in [0.25, 0.3) is 0 Å². The average Bonchev–Trinajstić information content (AvgIpc) is 2.08. The summed E-state index contributed by atoms with van der Waals surface area (Å²) < 4.78 is 25.3. The Labute approximate surface area is 82.5 Å². The fourth-order valence-electron chi connectivity index (χ4n) is 0.853. The van der Waals surface area contributed by atoms with Gasteiger partial charge in [-0.3, -0.25) is 0 Å². The van der Waals surface area contributed by atoms with Gasteiger partial charge in [0.05, 0.1) is 0 Å². The van der Waals surface area contributed by atoms with E-state index in [2.05, 4.69) is 0 Å². The van der Waals surface area contributed by atoms with Gasteiger partial charge < -0.3 is 5.11 Å². The van der Waals surface area contributed by atoms with E-state index in [0.29, 0.717) is 9.13 Å². The molecule has 1 N–H and O–H groups in total. The highest BCUT2D eigenvalue weighted by Gasteiger charge is 2.11. The van der Waals surface area contributed by atoms with E-state index in [9.17, 15) is 8.78 Å². The van der Waals surface area contributed by atoms with Gasteiger partial charge in [0.25, 0.3) is 0 Å². The first kappa shape index (κ1) is 9.85. The van der Waals surface area contributed by atoms with Crippen LogP contribution in [0.3, 0.4) is 0 Å². The number of hydrogen-bond donors (Lipinski definition) is 1. The number of rotatable bonds is 2. The molecule has 0 amide bonds. The Morgan fingerprint density at radius 2 is 2.17 bits per heavy atom. The first-order valence-electron chi connectivity index (χ1n) is 3.34. The van der Waals surface area contributed by atoms with Crippen molar-refractivity contribution < 1.29 is 13.9 Å². The fraction of sp³-hybridized carbons (Fsp3) is 0.250. The molecule has 0 heterocycles. The van der Waals surface area contributed by atoms with Crippen molar-refractivity contribution in [3.05, 3.63) is 33.1 Å². The van der Waals surface area contributed by atoms with Gasteiger partial charge in [-0.1, -0.05) is 0 Å². The van der Waals surface area contributed by atoms with Crippen LogP contribution in [0, 0.1) is 9.39 Å². The Morgan fingerprint density at radius 3 is 2.75 bits per heavy atom. The van der Waals surface area contributed by atoms with Crippen molar-refractivity contribution in [2.45, 2.75) is 6.10 Å². The lowest BCUT2D eigenvalue weighted by atomic mass is 10.1. The van der Waals surface area contributed by atoms with Gasteiger partial charge in [-0.2, -0.15) is 0 Å². The third-order valence-corrected chi connectivity index (χ3v) is 2.45. The van der Waals surface area contributed by atoms with Crippen LogP contribution in [0.1, 0.15) is 11.7 Å². The molecule has 1 rings (SSSR count). The monoisotopic (exact) mass is 284 g/mol. The molecule has 0 spiro atoms. The number of alkyl halides is 1. The summed E-state index contributed by atoms with van der Waals surface area (Å²) in [6.45, 7) is -0.889. The summed E-state index contributed by atoms with van der Waals surface area (Å²) in [5, 5.41) is 9.09. The number of benzene rings is 1. The first-order valence-corrected chi connectivity index (χ1v) is 4.42. The van der Waals surface area contributed by atoms with Gasteiger partial charge in [0, 0.05) is 3.57 Å². The molecule has 1 aromatic carbocycles. The van der Waals surface area contributed by atoms with Crippen LogP contribution < -0.4 is 0 Å². The largest absolute Gasteiger partial charge is 0.386 e. The molecule has 0 aliphatic heterocycles. The van der Waals surface area contributed by atoms with E-state index < -0.39 is 18.6 Å². The van der Waals surface area contributed by atoms with Crippen LogP contribution in [-0.2, 0) is 0 Å². The summed E-state index contributed by atoms with van der Waals surface area (Å²) in [5.74, 6) is -0.460. The van der Waals surface area contributed by atoms with Crippen LogP contribution in [-0.4, -0.2) is 11.8 Å². The second kappa shape index (κ2) is 4.13. The standard InChI is InChI=1S/C8H7F2IO/c9-4-8(12)6-3-5(10)1-2-7(6)11/h1-3,8,12H,4H2. The van der Waals surface area contributed by atoms with Gasteiger partial charge in [0.1, 0.15) is 18.6 Å². The van der Waals surface area contributed by atoms with Crippen molar-refractivity contribution >= 4 is 22.6 Å². The third-order valence-electron chi connectivity index (χ3n) is 1.46. The smallest absolute Gasteiger partial charge is 0.123 e. The lowest BCUT2D eigenvalue weighted by molar-refractivity contribution is 0.140. The second-order valence-electron chi connectivity index (χ2n) is 2.34. The maximum atomic E-state index is 12.6. The number of halogens is 3. The first-order chi connectivity index (χ1) is 5.65. The van der Waals surface area contributed by atoms with E-state index in [1.165, 1.54) is 12.1 Å². The molecule has 0 saturated heterocycles. The zero-order valence-corrected chi connectivity index (χ0v) is 8.26. The zero-order chi connectivity index (χ0) is 9.14. The molecule has 0 aliphatic carbocycles. The number of aliphatic hydroxyl groups is 1. The van der Waals surface area contributed by atoms with Crippen LogP contribution >= 0.6 is 22.6 Å². The van der Waals surface area contributed by atoms with Crippen LogP contribution in [0.5, 0.6) is 0 Å². The summed E-state index contributed by atoms with van der Waals surface area (Å²) in [7, 11) is 0. The minimum absolute atomic E-state index is 0.304. The Morgan fingerprint density at radius 1 is 1.50 bits per heavy atom. The molecule has 0 saturated carbocycles. The highest BCUT2D eigenvalue weighted by Crippen LogP contribution is 2.21. The minimum atomic E-state index is -1.22. The van der Waals surface area contributed by atoms with E-state index >= 15 is 0 Å². The Hall–Kier alpha value is -0.230. The average molecular weight is 284 g/mol. The molecular weight excluding hydrogens is 277 g/mol. The van der Waals surface area contributed by atoms with E-state index in [1.54, 1.807) is 0 Å². The van der Waals surface area contributed by atoms with Crippen LogP contribution in [0.15, 0.2) is 18.2 Å². The van der Waals surface area contributed by atoms with Gasteiger partial charge in [0.15, 0.2) is 0 Å². The van der Waals surface area contributed by atoms with Gasteiger partial charge >= 0.3 is 0 Å². The molecular formula is C8H7F2IO. The van der Waals surface area contributed by atoms with Crippen molar-refractivity contribution in [1.82, 2.24) is 0 Å².